The molecule has 0 saturated carbocycles. The molecule has 108 valence electrons. The maximum atomic E-state index is 10.0. The first kappa shape index (κ1) is 16.3. The van der Waals surface area contributed by atoms with E-state index < -0.39 is 0 Å². The third kappa shape index (κ3) is 4.37. The summed E-state index contributed by atoms with van der Waals surface area (Å²) in [7, 11) is 4.15. The largest absolute Gasteiger partial charge is 0.508 e. The SMILES string of the molecule is CCN(C(C)CN(C)C)C(C)c1cc(Cl)ccc1O. The van der Waals surface area contributed by atoms with Gasteiger partial charge in [0, 0.05) is 29.2 Å². The second-order valence-corrected chi connectivity index (χ2v) is 5.76. The Morgan fingerprint density at radius 2 is 1.89 bits per heavy atom. The molecule has 2 unspecified atom stereocenters. The van der Waals surface area contributed by atoms with E-state index in [4.69, 9.17) is 11.6 Å². The van der Waals surface area contributed by atoms with Crippen LogP contribution in [0.4, 0.5) is 0 Å². The van der Waals surface area contributed by atoms with Gasteiger partial charge in [0.1, 0.15) is 5.75 Å². The Labute approximate surface area is 121 Å². The standard InChI is InChI=1S/C15H25ClN2O/c1-6-18(11(2)10-17(4)5)12(3)14-9-13(16)7-8-15(14)19/h7-9,11-12,19H,6,10H2,1-5H3. The minimum Gasteiger partial charge on any atom is -0.508 e. The van der Waals surface area contributed by atoms with Crippen LogP contribution in [0.15, 0.2) is 18.2 Å². The monoisotopic (exact) mass is 284 g/mol. The van der Waals surface area contributed by atoms with Crippen LogP contribution in [0.1, 0.15) is 32.4 Å². The fourth-order valence-electron chi connectivity index (χ4n) is 2.64. The molecule has 0 aromatic heterocycles. The normalized spacial score (nSPS) is 14.9. The number of nitrogens with zero attached hydrogens (tertiary/aromatic N) is 2. The first-order chi connectivity index (χ1) is 8.86. The van der Waals surface area contributed by atoms with Crippen molar-refractivity contribution in [3.8, 4) is 5.75 Å². The first-order valence-electron chi connectivity index (χ1n) is 6.75. The van der Waals surface area contributed by atoms with Crippen LogP contribution in [0, 0.1) is 0 Å². The number of hydrogen-bond donors (Lipinski definition) is 1. The molecule has 1 N–H and O–H groups in total. The van der Waals surface area contributed by atoms with Crippen molar-refractivity contribution in [1.82, 2.24) is 9.80 Å². The lowest BCUT2D eigenvalue weighted by molar-refractivity contribution is 0.135. The van der Waals surface area contributed by atoms with Crippen molar-refractivity contribution in [2.75, 3.05) is 27.2 Å². The average Bonchev–Trinajstić information content (AvgIpc) is 2.32. The zero-order valence-electron chi connectivity index (χ0n) is 12.5. The third-order valence-electron chi connectivity index (χ3n) is 3.50. The minimum atomic E-state index is 0.138. The van der Waals surface area contributed by atoms with Gasteiger partial charge in [0.05, 0.1) is 0 Å². The molecule has 4 heteroatoms. The van der Waals surface area contributed by atoms with E-state index in [0.717, 1.165) is 18.7 Å². The van der Waals surface area contributed by atoms with Crippen molar-refractivity contribution in [1.29, 1.82) is 0 Å². The molecular formula is C15H25ClN2O. The van der Waals surface area contributed by atoms with Crippen molar-refractivity contribution in [3.63, 3.8) is 0 Å². The van der Waals surface area contributed by atoms with Crippen LogP contribution in [0.3, 0.4) is 0 Å². The molecule has 0 spiro atoms. The van der Waals surface area contributed by atoms with E-state index in [0.29, 0.717) is 16.8 Å². The number of phenols is 1. The van der Waals surface area contributed by atoms with Gasteiger partial charge in [-0.1, -0.05) is 18.5 Å². The molecule has 3 nitrogen and oxygen atoms in total. The number of aromatic hydroxyl groups is 1. The van der Waals surface area contributed by atoms with Gasteiger partial charge in [-0.25, -0.2) is 0 Å². The summed E-state index contributed by atoms with van der Waals surface area (Å²) in [6.07, 6.45) is 0. The second kappa shape index (κ2) is 7.13. The molecule has 0 bridgehead atoms. The van der Waals surface area contributed by atoms with Crippen molar-refractivity contribution in [2.24, 2.45) is 0 Å². The quantitative estimate of drug-likeness (QED) is 0.867. The Hall–Kier alpha value is -0.770. The van der Waals surface area contributed by atoms with E-state index in [9.17, 15) is 5.11 Å². The molecule has 1 aromatic carbocycles. The van der Waals surface area contributed by atoms with E-state index >= 15 is 0 Å². The molecule has 1 rings (SSSR count). The smallest absolute Gasteiger partial charge is 0.120 e. The van der Waals surface area contributed by atoms with Gasteiger partial charge < -0.3 is 10.0 Å². The Kier molecular flexibility index (Phi) is 6.11. The van der Waals surface area contributed by atoms with Crippen molar-refractivity contribution < 1.29 is 5.11 Å². The zero-order valence-corrected chi connectivity index (χ0v) is 13.3. The molecule has 0 heterocycles. The predicted molar refractivity (Wildman–Crippen MR) is 81.9 cm³/mol. The summed E-state index contributed by atoms with van der Waals surface area (Å²) in [6, 6.07) is 5.78. The molecule has 2 atom stereocenters. The number of likely N-dealkylation sites (N-methyl/N-ethyl adjacent to an activating group) is 2. The van der Waals surface area contributed by atoms with Crippen LogP contribution in [-0.2, 0) is 0 Å². The van der Waals surface area contributed by atoms with Crippen LogP contribution >= 0.6 is 11.6 Å². The van der Waals surface area contributed by atoms with Crippen molar-refractivity contribution in [2.45, 2.75) is 32.9 Å². The van der Waals surface area contributed by atoms with E-state index in [2.05, 4.69) is 44.7 Å². The summed E-state index contributed by atoms with van der Waals surface area (Å²) in [5, 5.41) is 10.7. The van der Waals surface area contributed by atoms with Crippen molar-refractivity contribution >= 4 is 11.6 Å². The average molecular weight is 285 g/mol. The number of phenolic OH excluding ortho intramolecular Hbond substituents is 1. The van der Waals surface area contributed by atoms with Gasteiger partial charge >= 0.3 is 0 Å². The summed E-state index contributed by atoms with van der Waals surface area (Å²) < 4.78 is 0. The highest BCUT2D eigenvalue weighted by molar-refractivity contribution is 6.30. The number of rotatable bonds is 6. The molecule has 19 heavy (non-hydrogen) atoms. The lowest BCUT2D eigenvalue weighted by atomic mass is 10.0. The van der Waals surface area contributed by atoms with Crippen LogP contribution in [-0.4, -0.2) is 48.1 Å². The molecule has 0 aliphatic carbocycles. The van der Waals surface area contributed by atoms with Crippen LogP contribution in [0.2, 0.25) is 5.02 Å². The van der Waals surface area contributed by atoms with E-state index in [1.165, 1.54) is 0 Å². The molecular weight excluding hydrogens is 260 g/mol. The summed E-state index contributed by atoms with van der Waals surface area (Å²) >= 11 is 6.03. The topological polar surface area (TPSA) is 26.7 Å². The number of hydrogen-bond acceptors (Lipinski definition) is 3. The highest BCUT2D eigenvalue weighted by atomic mass is 35.5. The van der Waals surface area contributed by atoms with E-state index in [1.807, 2.05) is 6.07 Å². The van der Waals surface area contributed by atoms with Gasteiger partial charge in [0.25, 0.3) is 0 Å². The lowest BCUT2D eigenvalue weighted by Gasteiger charge is -2.35. The summed E-state index contributed by atoms with van der Waals surface area (Å²) in [5.41, 5.74) is 0.889. The number of benzene rings is 1. The van der Waals surface area contributed by atoms with Crippen molar-refractivity contribution in [3.05, 3.63) is 28.8 Å². The molecule has 0 amide bonds. The number of halogens is 1. The van der Waals surface area contributed by atoms with Gasteiger partial charge in [-0.05, 0) is 52.7 Å². The minimum absolute atomic E-state index is 0.138. The summed E-state index contributed by atoms with van der Waals surface area (Å²) in [5.74, 6) is 0.312. The molecule has 0 fully saturated rings. The highest BCUT2D eigenvalue weighted by Crippen LogP contribution is 2.31. The predicted octanol–water partition coefficient (Wildman–Crippen LogP) is 3.38. The molecule has 0 aliphatic heterocycles. The Morgan fingerprint density at radius 3 is 2.42 bits per heavy atom. The fourth-order valence-corrected chi connectivity index (χ4v) is 2.82. The molecule has 0 radical (unpaired) electrons. The lowest BCUT2D eigenvalue weighted by Crippen LogP contribution is -2.41. The van der Waals surface area contributed by atoms with Gasteiger partial charge in [0.2, 0.25) is 0 Å². The Morgan fingerprint density at radius 1 is 1.26 bits per heavy atom. The van der Waals surface area contributed by atoms with Gasteiger partial charge in [-0.15, -0.1) is 0 Å². The van der Waals surface area contributed by atoms with Gasteiger partial charge in [-0.3, -0.25) is 4.90 Å². The van der Waals surface area contributed by atoms with Crippen LogP contribution in [0.25, 0.3) is 0 Å². The second-order valence-electron chi connectivity index (χ2n) is 5.32. The highest BCUT2D eigenvalue weighted by Gasteiger charge is 2.22. The Bertz CT molecular complexity index is 409. The first-order valence-corrected chi connectivity index (χ1v) is 7.13. The summed E-state index contributed by atoms with van der Waals surface area (Å²) in [4.78, 5) is 4.54. The Balaban J connectivity index is 2.94. The van der Waals surface area contributed by atoms with Crippen LogP contribution < -0.4 is 0 Å². The van der Waals surface area contributed by atoms with Crippen LogP contribution in [0.5, 0.6) is 5.75 Å². The fraction of sp³-hybridized carbons (Fsp3) is 0.600. The van der Waals surface area contributed by atoms with Gasteiger partial charge in [0.15, 0.2) is 0 Å². The maximum absolute atomic E-state index is 10.0. The molecule has 1 aromatic rings. The molecule has 0 saturated heterocycles. The van der Waals surface area contributed by atoms with E-state index in [1.54, 1.807) is 12.1 Å². The van der Waals surface area contributed by atoms with Gasteiger partial charge in [-0.2, -0.15) is 0 Å². The third-order valence-corrected chi connectivity index (χ3v) is 3.73. The molecule has 0 aliphatic rings. The maximum Gasteiger partial charge on any atom is 0.120 e. The summed E-state index contributed by atoms with van der Waals surface area (Å²) in [6.45, 7) is 8.38. The zero-order chi connectivity index (χ0) is 14.6. The van der Waals surface area contributed by atoms with E-state index in [-0.39, 0.29) is 6.04 Å².